The highest BCUT2D eigenvalue weighted by Crippen LogP contribution is 2.17. The van der Waals surface area contributed by atoms with E-state index in [-0.39, 0.29) is 0 Å². The monoisotopic (exact) mass is 305 g/mol. The lowest BCUT2D eigenvalue weighted by Crippen LogP contribution is -2.31. The second-order valence-electron chi connectivity index (χ2n) is 5.23. The quantitative estimate of drug-likeness (QED) is 0.826. The van der Waals surface area contributed by atoms with Crippen LogP contribution in [0.4, 0.5) is 11.6 Å². The van der Waals surface area contributed by atoms with Crippen molar-refractivity contribution in [1.82, 2.24) is 15.2 Å². The minimum atomic E-state index is 0.326. The highest BCUT2D eigenvalue weighted by Gasteiger charge is 2.17. The average Bonchev–Trinajstić information content (AvgIpc) is 2.88. The van der Waals surface area contributed by atoms with Crippen LogP contribution in [0.15, 0.2) is 30.5 Å². The maximum atomic E-state index is 8.84. The molecule has 3 rings (SSSR count). The van der Waals surface area contributed by atoms with E-state index in [0.29, 0.717) is 11.3 Å². The van der Waals surface area contributed by atoms with Crippen molar-refractivity contribution >= 4 is 11.6 Å². The van der Waals surface area contributed by atoms with Gasteiger partial charge in [0.15, 0.2) is 11.5 Å². The van der Waals surface area contributed by atoms with Gasteiger partial charge in [-0.2, -0.15) is 10.5 Å². The van der Waals surface area contributed by atoms with Crippen LogP contribution in [-0.4, -0.2) is 41.4 Å². The summed E-state index contributed by atoms with van der Waals surface area (Å²) in [6, 6.07) is 11.3. The first-order valence-corrected chi connectivity index (χ1v) is 7.40. The van der Waals surface area contributed by atoms with Gasteiger partial charge in [-0.05, 0) is 30.7 Å². The lowest BCUT2D eigenvalue weighted by Gasteiger charge is -2.23. The Morgan fingerprint density at radius 1 is 0.826 bits per heavy atom. The van der Waals surface area contributed by atoms with E-state index in [1.807, 2.05) is 18.2 Å². The summed E-state index contributed by atoms with van der Waals surface area (Å²) in [4.78, 5) is 8.73. The molecule has 1 fully saturated rings. The van der Waals surface area contributed by atoms with Gasteiger partial charge in [-0.3, -0.25) is 0 Å². The number of anilines is 2. The normalized spacial score (nSPS) is 14.7. The second-order valence-corrected chi connectivity index (χ2v) is 5.23. The Kier molecular flexibility index (Phi) is 4.30. The predicted molar refractivity (Wildman–Crippen MR) is 84.7 cm³/mol. The fourth-order valence-electron chi connectivity index (χ4n) is 2.57. The molecule has 0 atom stereocenters. The van der Waals surface area contributed by atoms with Crippen LogP contribution in [0, 0.1) is 22.7 Å². The minimum Gasteiger partial charge on any atom is -0.355 e. The lowest BCUT2D eigenvalue weighted by atomic mass is 10.3. The molecule has 3 heterocycles. The minimum absolute atomic E-state index is 0.326. The number of pyridine rings is 1. The lowest BCUT2D eigenvalue weighted by molar-refractivity contribution is 0.784. The van der Waals surface area contributed by atoms with Crippen molar-refractivity contribution in [3.63, 3.8) is 0 Å². The van der Waals surface area contributed by atoms with E-state index in [9.17, 15) is 0 Å². The van der Waals surface area contributed by atoms with E-state index in [0.717, 1.165) is 44.2 Å². The zero-order valence-corrected chi connectivity index (χ0v) is 12.6. The van der Waals surface area contributed by atoms with Gasteiger partial charge in [0.05, 0.1) is 5.56 Å². The van der Waals surface area contributed by atoms with Crippen molar-refractivity contribution < 1.29 is 0 Å². The summed E-state index contributed by atoms with van der Waals surface area (Å²) in [5.41, 5.74) is 0.894. The van der Waals surface area contributed by atoms with Crippen LogP contribution in [0.3, 0.4) is 0 Å². The molecule has 0 aliphatic carbocycles. The highest BCUT2D eigenvalue weighted by molar-refractivity contribution is 5.44. The molecule has 0 unspecified atom stereocenters. The largest absolute Gasteiger partial charge is 0.355 e. The molecule has 1 saturated heterocycles. The van der Waals surface area contributed by atoms with Gasteiger partial charge in [-0.15, -0.1) is 10.2 Å². The van der Waals surface area contributed by atoms with E-state index in [2.05, 4.69) is 31.1 Å². The van der Waals surface area contributed by atoms with Gasteiger partial charge in [0, 0.05) is 32.4 Å². The summed E-state index contributed by atoms with van der Waals surface area (Å²) in [7, 11) is 0. The molecule has 1 aliphatic rings. The molecule has 0 spiro atoms. The Morgan fingerprint density at radius 2 is 1.57 bits per heavy atom. The molecule has 0 bridgehead atoms. The average molecular weight is 305 g/mol. The van der Waals surface area contributed by atoms with E-state index in [1.165, 1.54) is 0 Å². The molecule has 0 amide bonds. The van der Waals surface area contributed by atoms with Crippen LogP contribution >= 0.6 is 0 Å². The van der Waals surface area contributed by atoms with Gasteiger partial charge in [-0.25, -0.2) is 4.98 Å². The molecule has 114 valence electrons. The first-order valence-electron chi connectivity index (χ1n) is 7.40. The number of aromatic nitrogens is 3. The van der Waals surface area contributed by atoms with Crippen molar-refractivity contribution in [3.8, 4) is 12.1 Å². The van der Waals surface area contributed by atoms with Crippen molar-refractivity contribution in [1.29, 1.82) is 10.5 Å². The van der Waals surface area contributed by atoms with Crippen LogP contribution in [0.5, 0.6) is 0 Å². The zero-order chi connectivity index (χ0) is 16.1. The third kappa shape index (κ3) is 3.35. The Balaban J connectivity index is 1.68. The molecule has 0 N–H and O–H groups in total. The fraction of sp³-hybridized carbons (Fsp3) is 0.312. The van der Waals surface area contributed by atoms with E-state index in [1.54, 1.807) is 18.3 Å². The molecule has 0 saturated carbocycles. The van der Waals surface area contributed by atoms with Gasteiger partial charge < -0.3 is 9.80 Å². The summed E-state index contributed by atoms with van der Waals surface area (Å²) >= 11 is 0. The Bertz CT molecular complexity index is 674. The summed E-state index contributed by atoms with van der Waals surface area (Å²) in [5, 5.41) is 25.6. The molecule has 7 nitrogen and oxygen atoms in total. The molecule has 2 aromatic heterocycles. The number of nitrogens with zero attached hydrogens (tertiary/aromatic N) is 7. The van der Waals surface area contributed by atoms with E-state index < -0.39 is 0 Å². The van der Waals surface area contributed by atoms with Crippen molar-refractivity contribution in [3.05, 3.63) is 41.7 Å². The molecule has 0 aromatic carbocycles. The molecule has 23 heavy (non-hydrogen) atoms. The van der Waals surface area contributed by atoms with E-state index in [4.69, 9.17) is 10.5 Å². The molecule has 2 aromatic rings. The van der Waals surface area contributed by atoms with Crippen LogP contribution in [0.1, 0.15) is 17.7 Å². The summed E-state index contributed by atoms with van der Waals surface area (Å²) in [6.45, 7) is 3.41. The number of hydrogen-bond acceptors (Lipinski definition) is 7. The van der Waals surface area contributed by atoms with E-state index >= 15 is 0 Å². The number of rotatable bonds is 2. The van der Waals surface area contributed by atoms with Crippen LogP contribution in [0.2, 0.25) is 0 Å². The Morgan fingerprint density at radius 3 is 2.13 bits per heavy atom. The fourth-order valence-corrected chi connectivity index (χ4v) is 2.57. The number of hydrogen-bond donors (Lipinski definition) is 0. The van der Waals surface area contributed by atoms with Crippen molar-refractivity contribution in [2.24, 2.45) is 0 Å². The summed E-state index contributed by atoms with van der Waals surface area (Å²) in [5.74, 6) is 1.68. The first-order chi connectivity index (χ1) is 11.3. The van der Waals surface area contributed by atoms with Gasteiger partial charge in [0.1, 0.15) is 18.0 Å². The van der Waals surface area contributed by atoms with Crippen LogP contribution in [-0.2, 0) is 0 Å². The molecule has 1 aliphatic heterocycles. The van der Waals surface area contributed by atoms with Crippen LogP contribution in [0.25, 0.3) is 0 Å². The maximum Gasteiger partial charge on any atom is 0.163 e. The number of nitriles is 2. The zero-order valence-electron chi connectivity index (χ0n) is 12.6. The third-order valence-corrected chi connectivity index (χ3v) is 3.79. The van der Waals surface area contributed by atoms with Gasteiger partial charge >= 0.3 is 0 Å². The Hall–Kier alpha value is -3.19. The molecule has 7 heteroatoms. The second kappa shape index (κ2) is 6.71. The van der Waals surface area contributed by atoms with Crippen molar-refractivity contribution in [2.45, 2.75) is 6.42 Å². The Labute approximate surface area is 134 Å². The SMILES string of the molecule is N#Cc1ccc(N2CCCN(c3ccc(C#N)nn3)CC2)nc1. The third-order valence-electron chi connectivity index (χ3n) is 3.79. The summed E-state index contributed by atoms with van der Waals surface area (Å²) < 4.78 is 0. The first kappa shape index (κ1) is 14.7. The van der Waals surface area contributed by atoms with Crippen LogP contribution < -0.4 is 9.80 Å². The maximum absolute atomic E-state index is 8.84. The molecular weight excluding hydrogens is 290 g/mol. The highest BCUT2D eigenvalue weighted by atomic mass is 15.3. The standard InChI is InChI=1S/C16H15N7/c17-10-13-2-4-15(19-12-13)22-6-1-7-23(9-8-22)16-5-3-14(11-18)20-21-16/h2-5,12H,1,6-9H2. The predicted octanol–water partition coefficient (Wildman–Crippen LogP) is 1.33. The molecular formula is C16H15N7. The smallest absolute Gasteiger partial charge is 0.163 e. The topological polar surface area (TPSA) is 92.7 Å². The van der Waals surface area contributed by atoms with Crippen molar-refractivity contribution in [2.75, 3.05) is 36.0 Å². The van der Waals surface area contributed by atoms with Gasteiger partial charge in [-0.1, -0.05) is 0 Å². The summed E-state index contributed by atoms with van der Waals surface area (Å²) in [6.07, 6.45) is 2.58. The van der Waals surface area contributed by atoms with Gasteiger partial charge in [0.25, 0.3) is 0 Å². The molecule has 0 radical (unpaired) electrons. The van der Waals surface area contributed by atoms with Gasteiger partial charge in [0.2, 0.25) is 0 Å².